The Hall–Kier alpha value is -4.53. The lowest BCUT2D eigenvalue weighted by Crippen LogP contribution is -2.24. The number of aryl methyl sites for hydroxylation is 1. The molecule has 0 aliphatic rings. The zero-order valence-corrected chi connectivity index (χ0v) is 18.0. The summed E-state index contributed by atoms with van der Waals surface area (Å²) in [6, 6.07) is 17.2. The molecule has 3 rings (SSSR count). The second-order valence-corrected chi connectivity index (χ2v) is 7.05. The first-order valence-electron chi connectivity index (χ1n) is 9.91. The molecular weight excluding hydrogens is 426 g/mol. The Morgan fingerprint density at radius 1 is 1.06 bits per heavy atom. The number of carbonyl (C=O) groups excluding carboxylic acids is 2. The molecule has 0 heterocycles. The molecule has 0 fully saturated rings. The van der Waals surface area contributed by atoms with Crippen molar-refractivity contribution < 1.29 is 24.0 Å². The number of nitrogens with zero attached hydrogens (tertiary/aromatic N) is 2. The zero-order chi connectivity index (χ0) is 23.8. The Kier molecular flexibility index (Phi) is 7.48. The number of ether oxygens (including phenoxy) is 2. The van der Waals surface area contributed by atoms with E-state index >= 15 is 0 Å². The number of carbonyl (C=O) groups is 2. The Balaban J connectivity index is 1.53. The highest BCUT2D eigenvalue weighted by atomic mass is 16.6. The molecule has 0 bridgehead atoms. The van der Waals surface area contributed by atoms with Gasteiger partial charge >= 0.3 is 5.97 Å². The van der Waals surface area contributed by atoms with Crippen LogP contribution >= 0.6 is 0 Å². The van der Waals surface area contributed by atoms with Crippen molar-refractivity contribution in [1.82, 2.24) is 5.43 Å². The molecule has 0 aliphatic heterocycles. The first-order valence-corrected chi connectivity index (χ1v) is 9.91. The van der Waals surface area contributed by atoms with Gasteiger partial charge in [0.2, 0.25) is 0 Å². The quantitative estimate of drug-likeness (QED) is 0.183. The van der Waals surface area contributed by atoms with E-state index in [0.29, 0.717) is 11.3 Å². The van der Waals surface area contributed by atoms with Gasteiger partial charge in [-0.2, -0.15) is 5.10 Å². The normalized spacial score (nSPS) is 10.6. The van der Waals surface area contributed by atoms with Crippen LogP contribution in [0.25, 0.3) is 0 Å². The van der Waals surface area contributed by atoms with Gasteiger partial charge in [-0.3, -0.25) is 14.9 Å². The summed E-state index contributed by atoms with van der Waals surface area (Å²) in [6.07, 6.45) is 1.40. The number of benzene rings is 3. The fourth-order valence-electron chi connectivity index (χ4n) is 2.78. The first kappa shape index (κ1) is 23.1. The number of hydrogen-bond donors (Lipinski definition) is 1. The molecule has 1 N–H and O–H groups in total. The Morgan fingerprint density at radius 3 is 2.52 bits per heavy atom. The van der Waals surface area contributed by atoms with E-state index in [1.54, 1.807) is 30.3 Å². The van der Waals surface area contributed by atoms with Gasteiger partial charge in [-0.05, 0) is 60.9 Å². The molecule has 0 radical (unpaired) electrons. The van der Waals surface area contributed by atoms with Gasteiger partial charge in [0.25, 0.3) is 11.6 Å². The van der Waals surface area contributed by atoms with Crippen LogP contribution in [-0.4, -0.2) is 29.6 Å². The van der Waals surface area contributed by atoms with Crippen molar-refractivity contribution in [2.45, 2.75) is 13.8 Å². The van der Waals surface area contributed by atoms with Gasteiger partial charge in [-0.25, -0.2) is 10.2 Å². The molecule has 3 aromatic rings. The van der Waals surface area contributed by atoms with E-state index in [9.17, 15) is 19.7 Å². The molecule has 0 aromatic heterocycles. The first-order chi connectivity index (χ1) is 15.8. The van der Waals surface area contributed by atoms with E-state index in [2.05, 4.69) is 10.5 Å². The van der Waals surface area contributed by atoms with Crippen molar-refractivity contribution in [3.05, 3.63) is 99.1 Å². The van der Waals surface area contributed by atoms with Crippen molar-refractivity contribution in [2.75, 3.05) is 6.61 Å². The number of rotatable bonds is 8. The number of nitro benzene ring substituents is 1. The highest BCUT2D eigenvalue weighted by molar-refractivity contribution is 5.91. The molecule has 9 heteroatoms. The molecule has 1 amide bonds. The van der Waals surface area contributed by atoms with Gasteiger partial charge in [-0.15, -0.1) is 0 Å². The minimum absolute atomic E-state index is 0.119. The molecule has 0 aliphatic carbocycles. The maximum absolute atomic E-state index is 12.2. The van der Waals surface area contributed by atoms with E-state index < -0.39 is 16.8 Å². The molecule has 0 saturated heterocycles. The molecule has 33 heavy (non-hydrogen) atoms. The Labute approximate surface area is 189 Å². The van der Waals surface area contributed by atoms with Crippen molar-refractivity contribution in [1.29, 1.82) is 0 Å². The van der Waals surface area contributed by atoms with Crippen LogP contribution in [0, 0.1) is 24.0 Å². The highest BCUT2D eigenvalue weighted by Gasteiger charge is 2.12. The summed E-state index contributed by atoms with van der Waals surface area (Å²) >= 11 is 0. The van der Waals surface area contributed by atoms with Gasteiger partial charge < -0.3 is 9.47 Å². The van der Waals surface area contributed by atoms with Gasteiger partial charge in [0.15, 0.2) is 6.61 Å². The topological polar surface area (TPSA) is 120 Å². The standard InChI is InChI=1S/C24H21N3O6/c1-16-5-3-8-22(17(16)2)32-15-23(28)26-25-14-18-6-4-7-21(13-18)33-24(29)19-9-11-20(12-10-19)27(30)31/h3-14H,15H2,1-2H3,(H,26,28)/b25-14+. The van der Waals surface area contributed by atoms with Gasteiger partial charge in [0.05, 0.1) is 16.7 Å². The van der Waals surface area contributed by atoms with Gasteiger partial charge in [0.1, 0.15) is 11.5 Å². The predicted octanol–water partition coefficient (Wildman–Crippen LogP) is 3.96. The molecule has 0 spiro atoms. The van der Waals surface area contributed by atoms with Crippen LogP contribution in [-0.2, 0) is 4.79 Å². The number of nitrogens with one attached hydrogen (secondary N) is 1. The summed E-state index contributed by atoms with van der Waals surface area (Å²) < 4.78 is 10.8. The number of non-ortho nitro benzene ring substituents is 1. The highest BCUT2D eigenvalue weighted by Crippen LogP contribution is 2.20. The second kappa shape index (κ2) is 10.7. The van der Waals surface area contributed by atoms with Crippen molar-refractivity contribution in [3.63, 3.8) is 0 Å². The van der Waals surface area contributed by atoms with E-state index in [0.717, 1.165) is 11.1 Å². The second-order valence-electron chi connectivity index (χ2n) is 7.05. The number of hydrazone groups is 1. The average molecular weight is 447 g/mol. The van der Waals surface area contributed by atoms with E-state index in [4.69, 9.17) is 9.47 Å². The fourth-order valence-corrected chi connectivity index (χ4v) is 2.78. The third kappa shape index (κ3) is 6.47. The van der Waals surface area contributed by atoms with Crippen LogP contribution in [0.4, 0.5) is 5.69 Å². The molecular formula is C24H21N3O6. The van der Waals surface area contributed by atoms with Crippen LogP contribution < -0.4 is 14.9 Å². The zero-order valence-electron chi connectivity index (χ0n) is 18.0. The van der Waals surface area contributed by atoms with Crippen LogP contribution in [0.1, 0.15) is 27.0 Å². The van der Waals surface area contributed by atoms with E-state index in [1.165, 1.54) is 30.5 Å². The number of nitro groups is 1. The van der Waals surface area contributed by atoms with Gasteiger partial charge in [-0.1, -0.05) is 24.3 Å². The lowest BCUT2D eigenvalue weighted by atomic mass is 10.1. The number of amides is 1. The minimum Gasteiger partial charge on any atom is -0.483 e. The summed E-state index contributed by atoms with van der Waals surface area (Å²) in [7, 11) is 0. The van der Waals surface area contributed by atoms with Crippen LogP contribution in [0.5, 0.6) is 11.5 Å². The maximum Gasteiger partial charge on any atom is 0.343 e. The molecule has 0 atom stereocenters. The summed E-state index contributed by atoms with van der Waals surface area (Å²) in [5.74, 6) is -0.188. The third-order valence-electron chi connectivity index (χ3n) is 4.70. The minimum atomic E-state index is -0.657. The van der Waals surface area contributed by atoms with Crippen molar-refractivity contribution in [3.8, 4) is 11.5 Å². The molecule has 3 aromatic carbocycles. The van der Waals surface area contributed by atoms with Crippen LogP contribution in [0.2, 0.25) is 0 Å². The summed E-state index contributed by atoms with van der Waals surface area (Å²) in [6.45, 7) is 3.70. The number of hydrogen-bond acceptors (Lipinski definition) is 7. The Bertz CT molecular complexity index is 1210. The fraction of sp³-hybridized carbons (Fsp3) is 0.125. The largest absolute Gasteiger partial charge is 0.483 e. The van der Waals surface area contributed by atoms with Crippen molar-refractivity contribution >= 4 is 23.8 Å². The lowest BCUT2D eigenvalue weighted by molar-refractivity contribution is -0.384. The number of esters is 1. The summed E-state index contributed by atoms with van der Waals surface area (Å²) in [5, 5.41) is 14.6. The average Bonchev–Trinajstić information content (AvgIpc) is 2.80. The monoisotopic (exact) mass is 447 g/mol. The Morgan fingerprint density at radius 2 is 1.79 bits per heavy atom. The smallest absolute Gasteiger partial charge is 0.343 e. The molecule has 168 valence electrons. The van der Waals surface area contributed by atoms with Gasteiger partial charge in [0, 0.05) is 12.1 Å². The SMILES string of the molecule is Cc1cccc(OCC(=O)N/N=C/c2cccc(OC(=O)c3ccc([N+](=O)[O-])cc3)c2)c1C. The molecule has 0 saturated carbocycles. The van der Waals surface area contributed by atoms with E-state index in [1.807, 2.05) is 26.0 Å². The van der Waals surface area contributed by atoms with E-state index in [-0.39, 0.29) is 23.6 Å². The van der Waals surface area contributed by atoms with Crippen LogP contribution in [0.3, 0.4) is 0 Å². The predicted molar refractivity (Wildman–Crippen MR) is 122 cm³/mol. The molecule has 0 unspecified atom stereocenters. The van der Waals surface area contributed by atoms with Crippen LogP contribution in [0.15, 0.2) is 71.8 Å². The molecule has 9 nitrogen and oxygen atoms in total. The van der Waals surface area contributed by atoms with Crippen molar-refractivity contribution in [2.24, 2.45) is 5.10 Å². The maximum atomic E-state index is 12.2. The summed E-state index contributed by atoms with van der Waals surface area (Å²) in [5.41, 5.74) is 5.06. The third-order valence-corrected chi connectivity index (χ3v) is 4.70. The lowest BCUT2D eigenvalue weighted by Gasteiger charge is -2.09. The summed E-state index contributed by atoms with van der Waals surface area (Å²) in [4.78, 5) is 34.4.